The second-order valence-electron chi connectivity index (χ2n) is 5.22. The van der Waals surface area contributed by atoms with Crippen LogP contribution in [0, 0.1) is 0 Å². The largest absolute Gasteiger partial charge is 0.478 e. The van der Waals surface area contributed by atoms with Gasteiger partial charge in [-0.1, -0.05) is 13.8 Å². The van der Waals surface area contributed by atoms with E-state index in [1.54, 1.807) is 23.0 Å². The summed E-state index contributed by atoms with van der Waals surface area (Å²) in [5.41, 5.74) is 9.40. The van der Waals surface area contributed by atoms with E-state index in [0.717, 1.165) is 16.8 Å². The predicted molar refractivity (Wildman–Crippen MR) is 77.9 cm³/mol. The number of rotatable bonds is 4. The molecule has 0 fully saturated rings. The molecule has 0 unspecified atom stereocenters. The first-order valence-corrected chi connectivity index (χ1v) is 6.52. The number of carbonyl (C=O) groups is 1. The maximum absolute atomic E-state index is 11.2. The molecule has 5 nitrogen and oxygen atoms in total. The Bertz CT molecular complexity index is 645. The molecule has 0 bridgehead atoms. The zero-order chi connectivity index (χ0) is 14.9. The summed E-state index contributed by atoms with van der Waals surface area (Å²) in [6.45, 7) is 4.14. The molecule has 2 rings (SSSR count). The first kappa shape index (κ1) is 14.1. The summed E-state index contributed by atoms with van der Waals surface area (Å²) in [5, 5.41) is 13.3. The zero-order valence-corrected chi connectivity index (χ0v) is 11.9. The maximum Gasteiger partial charge on any atom is 0.337 e. The van der Waals surface area contributed by atoms with E-state index >= 15 is 0 Å². The first-order chi connectivity index (χ1) is 9.40. The number of aromatic carboxylic acids is 1. The third-order valence-corrected chi connectivity index (χ3v) is 3.46. The van der Waals surface area contributed by atoms with Gasteiger partial charge in [-0.05, 0) is 35.2 Å². The summed E-state index contributed by atoms with van der Waals surface area (Å²) < 4.78 is 1.79. The number of nitrogens with zero attached hydrogens (tertiary/aromatic N) is 2. The van der Waals surface area contributed by atoms with Crippen LogP contribution in [0.4, 0.5) is 5.69 Å². The van der Waals surface area contributed by atoms with Gasteiger partial charge in [0.15, 0.2) is 0 Å². The number of benzene rings is 1. The number of carboxylic acid groups (broad SMARTS) is 1. The average Bonchev–Trinajstić information content (AvgIpc) is 2.76. The lowest BCUT2D eigenvalue weighted by Gasteiger charge is -2.15. The number of anilines is 1. The smallest absolute Gasteiger partial charge is 0.337 e. The number of hydrogen-bond donors (Lipinski definition) is 2. The van der Waals surface area contributed by atoms with Crippen molar-refractivity contribution in [3.8, 4) is 0 Å². The van der Waals surface area contributed by atoms with Crippen LogP contribution in [-0.2, 0) is 13.5 Å². The maximum atomic E-state index is 11.2. The summed E-state index contributed by atoms with van der Waals surface area (Å²) in [5.74, 6) is -0.715. The van der Waals surface area contributed by atoms with E-state index in [9.17, 15) is 9.90 Å². The van der Waals surface area contributed by atoms with Crippen LogP contribution in [0.1, 0.15) is 46.9 Å². The quantitative estimate of drug-likeness (QED) is 0.838. The first-order valence-electron chi connectivity index (χ1n) is 6.52. The minimum absolute atomic E-state index is 0.159. The molecule has 0 saturated heterocycles. The van der Waals surface area contributed by atoms with Gasteiger partial charge in [-0.2, -0.15) is 5.10 Å². The van der Waals surface area contributed by atoms with Crippen molar-refractivity contribution in [1.29, 1.82) is 0 Å². The second kappa shape index (κ2) is 5.36. The molecule has 2 aromatic rings. The molecule has 5 heteroatoms. The van der Waals surface area contributed by atoms with Crippen molar-refractivity contribution < 1.29 is 9.90 Å². The number of nitrogen functional groups attached to an aromatic ring is 1. The van der Waals surface area contributed by atoms with Gasteiger partial charge in [-0.25, -0.2) is 4.79 Å². The van der Waals surface area contributed by atoms with Crippen molar-refractivity contribution in [3.63, 3.8) is 0 Å². The van der Waals surface area contributed by atoms with E-state index in [1.807, 2.05) is 13.1 Å². The molecule has 0 aliphatic rings. The van der Waals surface area contributed by atoms with Gasteiger partial charge in [0.1, 0.15) is 0 Å². The van der Waals surface area contributed by atoms with E-state index in [2.05, 4.69) is 18.9 Å². The minimum atomic E-state index is -0.996. The van der Waals surface area contributed by atoms with Gasteiger partial charge in [0, 0.05) is 31.0 Å². The summed E-state index contributed by atoms with van der Waals surface area (Å²) in [6, 6.07) is 5.39. The number of hydrogen-bond acceptors (Lipinski definition) is 3. The minimum Gasteiger partial charge on any atom is -0.478 e. The van der Waals surface area contributed by atoms with E-state index in [0.29, 0.717) is 12.1 Å². The average molecular weight is 273 g/mol. The topological polar surface area (TPSA) is 81.1 Å². The Kier molecular flexibility index (Phi) is 3.79. The molecule has 3 N–H and O–H groups in total. The number of carboxylic acids is 1. The molecule has 20 heavy (non-hydrogen) atoms. The van der Waals surface area contributed by atoms with Crippen molar-refractivity contribution in [2.24, 2.45) is 7.05 Å². The van der Waals surface area contributed by atoms with Crippen molar-refractivity contribution in [1.82, 2.24) is 9.78 Å². The van der Waals surface area contributed by atoms with Crippen molar-refractivity contribution in [2.75, 3.05) is 5.73 Å². The van der Waals surface area contributed by atoms with Gasteiger partial charge in [0.2, 0.25) is 0 Å². The fraction of sp³-hybridized carbons (Fsp3) is 0.333. The molecule has 0 saturated carbocycles. The van der Waals surface area contributed by atoms with Crippen LogP contribution in [0.15, 0.2) is 24.4 Å². The van der Waals surface area contributed by atoms with Gasteiger partial charge in [0.25, 0.3) is 0 Å². The summed E-state index contributed by atoms with van der Waals surface area (Å²) in [6.07, 6.45) is 2.38. The molecule has 1 heterocycles. The molecule has 0 spiro atoms. The Morgan fingerprint density at radius 3 is 2.65 bits per heavy atom. The molecule has 1 aromatic carbocycles. The summed E-state index contributed by atoms with van der Waals surface area (Å²) in [7, 11) is 1.87. The number of aromatic nitrogens is 2. The third-order valence-electron chi connectivity index (χ3n) is 3.46. The monoisotopic (exact) mass is 273 g/mol. The lowest BCUT2D eigenvalue weighted by molar-refractivity contribution is 0.0698. The molecule has 0 aliphatic heterocycles. The van der Waals surface area contributed by atoms with Crippen molar-refractivity contribution in [2.45, 2.75) is 26.2 Å². The lowest BCUT2D eigenvalue weighted by atomic mass is 9.91. The van der Waals surface area contributed by atoms with Crippen LogP contribution < -0.4 is 5.73 Å². The Balaban J connectivity index is 2.51. The molecule has 1 aromatic heterocycles. The summed E-state index contributed by atoms with van der Waals surface area (Å²) >= 11 is 0. The highest BCUT2D eigenvalue weighted by molar-refractivity contribution is 5.94. The van der Waals surface area contributed by atoms with E-state index in [1.165, 1.54) is 0 Å². The molecule has 0 atom stereocenters. The van der Waals surface area contributed by atoms with Gasteiger partial charge >= 0.3 is 5.97 Å². The molecule has 0 aliphatic carbocycles. The van der Waals surface area contributed by atoms with Gasteiger partial charge < -0.3 is 10.8 Å². The molecule has 0 radical (unpaired) electrons. The van der Waals surface area contributed by atoms with E-state index in [-0.39, 0.29) is 11.5 Å². The Morgan fingerprint density at radius 1 is 1.45 bits per heavy atom. The molecular formula is C15H19N3O2. The third kappa shape index (κ3) is 2.66. The number of aryl methyl sites for hydroxylation is 1. The number of nitrogens with two attached hydrogens (primary N) is 1. The second-order valence-corrected chi connectivity index (χ2v) is 5.22. The Hall–Kier alpha value is -2.30. The SMILES string of the molecule is CC(C)c1cc(N)c(C(=O)O)cc1Cc1ccnn1C. The highest BCUT2D eigenvalue weighted by Gasteiger charge is 2.16. The normalized spacial score (nSPS) is 11.0. The van der Waals surface area contributed by atoms with E-state index < -0.39 is 5.97 Å². The molecule has 106 valence electrons. The van der Waals surface area contributed by atoms with Crippen LogP contribution in [0.5, 0.6) is 0 Å². The zero-order valence-electron chi connectivity index (χ0n) is 11.9. The highest BCUT2D eigenvalue weighted by Crippen LogP contribution is 2.27. The molecule has 0 amide bonds. The van der Waals surface area contributed by atoms with Crippen LogP contribution in [0.2, 0.25) is 0 Å². The summed E-state index contributed by atoms with van der Waals surface area (Å²) in [4.78, 5) is 11.2. The van der Waals surface area contributed by atoms with Crippen LogP contribution in [0.25, 0.3) is 0 Å². The standard InChI is InChI=1S/C15H19N3O2/c1-9(2)12-8-14(16)13(15(19)20)7-10(12)6-11-4-5-17-18(11)3/h4-5,7-9H,6,16H2,1-3H3,(H,19,20). The van der Waals surface area contributed by atoms with E-state index in [4.69, 9.17) is 5.73 Å². The van der Waals surface area contributed by atoms with Crippen molar-refractivity contribution >= 4 is 11.7 Å². The fourth-order valence-corrected chi connectivity index (χ4v) is 2.32. The van der Waals surface area contributed by atoms with Crippen molar-refractivity contribution in [3.05, 3.63) is 46.8 Å². The van der Waals surface area contributed by atoms with Gasteiger partial charge in [-0.3, -0.25) is 4.68 Å². The predicted octanol–water partition coefficient (Wildman–Crippen LogP) is 2.41. The molecular weight excluding hydrogens is 254 g/mol. The fourth-order valence-electron chi connectivity index (χ4n) is 2.32. The lowest BCUT2D eigenvalue weighted by Crippen LogP contribution is -2.09. The van der Waals surface area contributed by atoms with Gasteiger partial charge in [-0.15, -0.1) is 0 Å². The van der Waals surface area contributed by atoms with Gasteiger partial charge in [0.05, 0.1) is 5.56 Å². The Morgan fingerprint density at radius 2 is 2.15 bits per heavy atom. The highest BCUT2D eigenvalue weighted by atomic mass is 16.4. The Labute approximate surface area is 118 Å². The van der Waals surface area contributed by atoms with Crippen LogP contribution >= 0.6 is 0 Å². The van der Waals surface area contributed by atoms with Crippen LogP contribution in [0.3, 0.4) is 0 Å². The van der Waals surface area contributed by atoms with Crippen LogP contribution in [-0.4, -0.2) is 20.9 Å².